The molecular formula is C22H27F6N3O2. The van der Waals surface area contributed by atoms with Crippen molar-refractivity contribution in [3.05, 3.63) is 34.9 Å². The second-order valence-corrected chi connectivity index (χ2v) is 8.83. The fourth-order valence-corrected chi connectivity index (χ4v) is 4.48. The van der Waals surface area contributed by atoms with E-state index in [1.807, 2.05) is 0 Å². The van der Waals surface area contributed by atoms with Crippen molar-refractivity contribution in [3.63, 3.8) is 0 Å². The van der Waals surface area contributed by atoms with Crippen LogP contribution in [0.15, 0.2) is 18.2 Å². The highest BCUT2D eigenvalue weighted by molar-refractivity contribution is 5.94. The molecule has 2 aliphatic rings. The zero-order valence-electron chi connectivity index (χ0n) is 17.9. The molecule has 1 saturated carbocycles. The summed E-state index contributed by atoms with van der Waals surface area (Å²) in [4.78, 5) is 26.8. The van der Waals surface area contributed by atoms with E-state index in [-0.39, 0.29) is 36.4 Å². The van der Waals surface area contributed by atoms with Gasteiger partial charge in [0.05, 0.1) is 17.0 Å². The van der Waals surface area contributed by atoms with Crippen molar-refractivity contribution < 1.29 is 35.9 Å². The van der Waals surface area contributed by atoms with Crippen LogP contribution in [0.1, 0.15) is 60.0 Å². The van der Waals surface area contributed by atoms with Crippen molar-refractivity contribution in [2.45, 2.75) is 56.9 Å². The van der Waals surface area contributed by atoms with Gasteiger partial charge in [-0.1, -0.05) is 12.8 Å². The summed E-state index contributed by atoms with van der Waals surface area (Å²) in [6.07, 6.45) is -5.31. The van der Waals surface area contributed by atoms with Crippen molar-refractivity contribution in [3.8, 4) is 0 Å². The van der Waals surface area contributed by atoms with Crippen LogP contribution in [0.3, 0.4) is 0 Å². The van der Waals surface area contributed by atoms with Crippen molar-refractivity contribution >= 4 is 11.8 Å². The Morgan fingerprint density at radius 2 is 1.45 bits per heavy atom. The van der Waals surface area contributed by atoms with Crippen molar-refractivity contribution in [2.24, 2.45) is 17.6 Å². The number of likely N-dealkylation sites (tertiary alicyclic amines) is 1. The van der Waals surface area contributed by atoms with Gasteiger partial charge in [-0.3, -0.25) is 9.59 Å². The summed E-state index contributed by atoms with van der Waals surface area (Å²) in [5, 5.41) is 2.44. The maximum atomic E-state index is 13.0. The molecule has 1 aromatic carbocycles. The first-order chi connectivity index (χ1) is 15.4. The summed E-state index contributed by atoms with van der Waals surface area (Å²) in [6, 6.07) is 0.678. The van der Waals surface area contributed by atoms with E-state index in [0.717, 1.165) is 25.7 Å². The Kier molecular flexibility index (Phi) is 7.60. The molecule has 1 aliphatic heterocycles. The van der Waals surface area contributed by atoms with E-state index in [2.05, 4.69) is 5.32 Å². The maximum Gasteiger partial charge on any atom is 0.416 e. The minimum absolute atomic E-state index is 0.0122. The minimum atomic E-state index is -5.02. The minimum Gasteiger partial charge on any atom is -0.352 e. The number of nitrogens with zero attached hydrogens (tertiary/aromatic N) is 1. The Balaban J connectivity index is 1.57. The molecule has 0 bridgehead atoms. The van der Waals surface area contributed by atoms with E-state index in [4.69, 9.17) is 5.73 Å². The van der Waals surface area contributed by atoms with E-state index in [1.54, 1.807) is 4.90 Å². The fraction of sp³-hybridized carbons (Fsp3) is 0.636. The third kappa shape index (κ3) is 6.39. The first kappa shape index (κ1) is 25.3. The Bertz CT molecular complexity index is 830. The predicted octanol–water partition coefficient (Wildman–Crippen LogP) is 4.21. The number of rotatable bonds is 4. The van der Waals surface area contributed by atoms with E-state index < -0.39 is 35.0 Å². The number of amides is 2. The van der Waals surface area contributed by atoms with Crippen molar-refractivity contribution in [1.29, 1.82) is 0 Å². The van der Waals surface area contributed by atoms with Gasteiger partial charge in [0.25, 0.3) is 5.91 Å². The molecule has 33 heavy (non-hydrogen) atoms. The van der Waals surface area contributed by atoms with Gasteiger partial charge in [-0.05, 0) is 49.8 Å². The number of nitrogens with two attached hydrogens (primary N) is 1. The lowest BCUT2D eigenvalue weighted by atomic mass is 9.83. The predicted molar refractivity (Wildman–Crippen MR) is 108 cm³/mol. The quantitative estimate of drug-likeness (QED) is 0.636. The monoisotopic (exact) mass is 479 g/mol. The molecule has 11 heteroatoms. The molecule has 0 aromatic heterocycles. The summed E-state index contributed by atoms with van der Waals surface area (Å²) < 4.78 is 78.0. The van der Waals surface area contributed by atoms with E-state index in [0.29, 0.717) is 38.1 Å². The highest BCUT2D eigenvalue weighted by atomic mass is 19.4. The molecule has 1 aromatic rings. The lowest BCUT2D eigenvalue weighted by Gasteiger charge is -2.37. The summed E-state index contributed by atoms with van der Waals surface area (Å²) in [5.41, 5.74) is 2.33. The van der Waals surface area contributed by atoms with E-state index in [1.165, 1.54) is 0 Å². The SMILES string of the molecule is N[C@@H]1CCCC[C@H]1C(=O)N1CCC(CNC(=O)c2cc(C(F)(F)F)cc(C(F)(F)F)c2)CC1. The highest BCUT2D eigenvalue weighted by Crippen LogP contribution is 2.36. The molecule has 2 fully saturated rings. The molecule has 3 rings (SSSR count). The van der Waals surface area contributed by atoms with Crippen LogP contribution in [0, 0.1) is 11.8 Å². The largest absolute Gasteiger partial charge is 0.416 e. The number of piperidine rings is 1. The fourth-order valence-electron chi connectivity index (χ4n) is 4.48. The van der Waals surface area contributed by atoms with Gasteiger partial charge >= 0.3 is 12.4 Å². The van der Waals surface area contributed by atoms with E-state index in [9.17, 15) is 35.9 Å². The Morgan fingerprint density at radius 3 is 1.97 bits per heavy atom. The van der Waals surface area contributed by atoms with Crippen LogP contribution < -0.4 is 11.1 Å². The Labute approximate surface area is 187 Å². The lowest BCUT2D eigenvalue weighted by molar-refractivity contribution is -0.143. The van der Waals surface area contributed by atoms with Crippen LogP contribution in [0.25, 0.3) is 0 Å². The van der Waals surface area contributed by atoms with Crippen LogP contribution in [0.5, 0.6) is 0 Å². The number of benzene rings is 1. The first-order valence-electron chi connectivity index (χ1n) is 11.0. The second kappa shape index (κ2) is 9.90. The normalized spacial score (nSPS) is 22.8. The number of hydrogen-bond donors (Lipinski definition) is 2. The molecule has 3 N–H and O–H groups in total. The summed E-state index contributed by atoms with van der Waals surface area (Å²) in [7, 11) is 0. The molecule has 5 nitrogen and oxygen atoms in total. The van der Waals surface area contributed by atoms with Gasteiger partial charge in [-0.25, -0.2) is 0 Å². The van der Waals surface area contributed by atoms with Crippen LogP contribution in [-0.4, -0.2) is 42.4 Å². The van der Waals surface area contributed by atoms with Crippen LogP contribution in [0.2, 0.25) is 0 Å². The molecule has 1 heterocycles. The zero-order valence-corrected chi connectivity index (χ0v) is 17.9. The Morgan fingerprint density at radius 1 is 0.909 bits per heavy atom. The summed E-state index contributed by atoms with van der Waals surface area (Å²) in [5.74, 6) is -1.18. The molecule has 0 unspecified atom stereocenters. The van der Waals surface area contributed by atoms with Crippen LogP contribution in [0.4, 0.5) is 26.3 Å². The maximum absolute atomic E-state index is 13.0. The smallest absolute Gasteiger partial charge is 0.352 e. The number of carbonyl (C=O) groups excluding carboxylic acids is 2. The summed E-state index contributed by atoms with van der Waals surface area (Å²) in [6.45, 7) is 1.05. The third-order valence-electron chi connectivity index (χ3n) is 6.46. The van der Waals surface area contributed by atoms with Crippen molar-refractivity contribution in [1.82, 2.24) is 10.2 Å². The Hall–Kier alpha value is -2.30. The number of carbonyl (C=O) groups is 2. The number of halogens is 6. The van der Waals surface area contributed by atoms with E-state index >= 15 is 0 Å². The summed E-state index contributed by atoms with van der Waals surface area (Å²) >= 11 is 0. The standard InChI is InChI=1S/C22H27F6N3O2/c23-21(24,25)15-9-14(10-16(11-15)22(26,27)28)19(32)30-12-13-5-7-31(8-6-13)20(33)17-3-1-2-4-18(17)29/h9-11,13,17-18H,1-8,12,29H2,(H,30,32)/t17-,18-/m1/s1. The second-order valence-electron chi connectivity index (χ2n) is 8.83. The van der Waals surface area contributed by atoms with Gasteiger partial charge in [0, 0.05) is 31.2 Å². The molecular weight excluding hydrogens is 452 g/mol. The molecule has 0 radical (unpaired) electrons. The molecule has 2 amide bonds. The van der Waals surface area contributed by atoms with Crippen LogP contribution in [-0.2, 0) is 17.1 Å². The highest BCUT2D eigenvalue weighted by Gasteiger charge is 2.38. The van der Waals surface area contributed by atoms with Gasteiger partial charge in [0.2, 0.25) is 5.91 Å². The average molecular weight is 479 g/mol. The molecule has 2 atom stereocenters. The number of nitrogens with one attached hydrogen (secondary N) is 1. The van der Waals surface area contributed by atoms with Gasteiger partial charge in [-0.2, -0.15) is 26.3 Å². The zero-order chi connectivity index (χ0) is 24.4. The van der Waals surface area contributed by atoms with Gasteiger partial charge in [0.15, 0.2) is 0 Å². The lowest BCUT2D eigenvalue weighted by Crippen LogP contribution is -2.49. The topological polar surface area (TPSA) is 75.4 Å². The number of alkyl halides is 6. The first-order valence-corrected chi connectivity index (χ1v) is 11.0. The van der Waals surface area contributed by atoms with Gasteiger partial charge in [0.1, 0.15) is 0 Å². The van der Waals surface area contributed by atoms with Gasteiger partial charge < -0.3 is 16.0 Å². The molecule has 184 valence electrons. The third-order valence-corrected chi connectivity index (χ3v) is 6.46. The molecule has 1 aliphatic carbocycles. The molecule has 1 saturated heterocycles. The van der Waals surface area contributed by atoms with Crippen LogP contribution >= 0.6 is 0 Å². The van der Waals surface area contributed by atoms with Crippen molar-refractivity contribution in [2.75, 3.05) is 19.6 Å². The number of hydrogen-bond acceptors (Lipinski definition) is 3. The van der Waals surface area contributed by atoms with Gasteiger partial charge in [-0.15, -0.1) is 0 Å². The molecule has 0 spiro atoms. The average Bonchev–Trinajstić information content (AvgIpc) is 2.76.